The Morgan fingerprint density at radius 2 is 2.07 bits per heavy atom. The van der Waals surface area contributed by atoms with E-state index in [2.05, 4.69) is 4.90 Å². The van der Waals surface area contributed by atoms with Gasteiger partial charge in [0.25, 0.3) is 0 Å². The summed E-state index contributed by atoms with van der Waals surface area (Å²) in [6.07, 6.45) is 6.56. The van der Waals surface area contributed by atoms with Crippen LogP contribution < -0.4 is 0 Å². The second-order valence-electron chi connectivity index (χ2n) is 4.25. The van der Waals surface area contributed by atoms with Crippen molar-refractivity contribution in [2.24, 2.45) is 0 Å². The fourth-order valence-electron chi connectivity index (χ4n) is 2.34. The molecule has 1 fully saturated rings. The van der Waals surface area contributed by atoms with Crippen LogP contribution in [0.5, 0.6) is 0 Å². The van der Waals surface area contributed by atoms with Crippen molar-refractivity contribution in [1.82, 2.24) is 4.90 Å². The van der Waals surface area contributed by atoms with Crippen molar-refractivity contribution in [3.63, 3.8) is 0 Å². The summed E-state index contributed by atoms with van der Waals surface area (Å²) in [6.45, 7) is 2.04. The molecule has 0 spiro atoms. The molecule has 3 nitrogen and oxygen atoms in total. The highest BCUT2D eigenvalue weighted by molar-refractivity contribution is 5.73. The topological polar surface area (TPSA) is 40.5 Å². The van der Waals surface area contributed by atoms with Gasteiger partial charge in [0.05, 0.1) is 0 Å². The van der Waals surface area contributed by atoms with Crippen molar-refractivity contribution in [3.8, 4) is 0 Å². The SMILES string of the molecule is CCCC(C(=O)O)N(C)C1CCCC1. The lowest BCUT2D eigenvalue weighted by molar-refractivity contribution is -0.143. The standard InChI is InChI=1S/C11H21NO2/c1-3-6-10(11(13)14)12(2)9-7-4-5-8-9/h9-10H,3-8H2,1-2H3,(H,13,14). The Kier molecular flexibility index (Phi) is 4.39. The molecule has 1 saturated carbocycles. The first-order valence-electron chi connectivity index (χ1n) is 5.61. The minimum Gasteiger partial charge on any atom is -0.480 e. The zero-order valence-corrected chi connectivity index (χ0v) is 9.20. The van der Waals surface area contributed by atoms with Gasteiger partial charge >= 0.3 is 5.97 Å². The minimum atomic E-state index is -0.666. The van der Waals surface area contributed by atoms with Crippen molar-refractivity contribution in [1.29, 1.82) is 0 Å². The van der Waals surface area contributed by atoms with Crippen molar-refractivity contribution in [2.45, 2.75) is 57.5 Å². The summed E-state index contributed by atoms with van der Waals surface area (Å²) in [5.41, 5.74) is 0. The van der Waals surface area contributed by atoms with Gasteiger partial charge in [-0.25, -0.2) is 0 Å². The Bertz CT molecular complexity index is 188. The van der Waals surface area contributed by atoms with Crippen molar-refractivity contribution >= 4 is 5.97 Å². The molecule has 0 aliphatic heterocycles. The van der Waals surface area contributed by atoms with Gasteiger partial charge in [-0.1, -0.05) is 26.2 Å². The molecule has 0 bridgehead atoms. The molecule has 0 aromatic heterocycles. The number of nitrogens with zero attached hydrogens (tertiary/aromatic N) is 1. The number of hydrogen-bond donors (Lipinski definition) is 1. The lowest BCUT2D eigenvalue weighted by Crippen LogP contribution is -2.43. The zero-order valence-electron chi connectivity index (χ0n) is 9.20. The fourth-order valence-corrected chi connectivity index (χ4v) is 2.34. The van der Waals surface area contributed by atoms with E-state index in [0.29, 0.717) is 6.04 Å². The Balaban J connectivity index is 2.52. The molecule has 1 atom stereocenters. The van der Waals surface area contributed by atoms with Gasteiger partial charge in [0.2, 0.25) is 0 Å². The summed E-state index contributed by atoms with van der Waals surface area (Å²) in [5.74, 6) is -0.666. The second kappa shape index (κ2) is 5.35. The molecule has 14 heavy (non-hydrogen) atoms. The molecule has 1 N–H and O–H groups in total. The number of hydrogen-bond acceptors (Lipinski definition) is 2. The molecule has 0 saturated heterocycles. The smallest absolute Gasteiger partial charge is 0.320 e. The lowest BCUT2D eigenvalue weighted by Gasteiger charge is -2.29. The van der Waals surface area contributed by atoms with Crippen molar-refractivity contribution < 1.29 is 9.90 Å². The third-order valence-electron chi connectivity index (χ3n) is 3.24. The van der Waals surface area contributed by atoms with E-state index in [0.717, 1.165) is 12.8 Å². The molecule has 0 heterocycles. The van der Waals surface area contributed by atoms with Crippen LogP contribution >= 0.6 is 0 Å². The summed E-state index contributed by atoms with van der Waals surface area (Å²) in [4.78, 5) is 13.1. The van der Waals surface area contributed by atoms with Crippen molar-refractivity contribution in [2.75, 3.05) is 7.05 Å². The maximum absolute atomic E-state index is 11.0. The third kappa shape index (κ3) is 2.71. The molecule has 1 aliphatic rings. The normalized spacial score (nSPS) is 20.2. The van der Waals surface area contributed by atoms with Gasteiger partial charge in [-0.15, -0.1) is 0 Å². The number of rotatable bonds is 5. The number of likely N-dealkylation sites (N-methyl/N-ethyl adjacent to an activating group) is 1. The summed E-state index contributed by atoms with van der Waals surface area (Å²) in [7, 11) is 1.96. The fraction of sp³-hybridized carbons (Fsp3) is 0.909. The van der Waals surface area contributed by atoms with Crippen LogP contribution in [0.25, 0.3) is 0 Å². The van der Waals surface area contributed by atoms with Crippen molar-refractivity contribution in [3.05, 3.63) is 0 Å². The molecule has 1 unspecified atom stereocenters. The van der Waals surface area contributed by atoms with Gasteiger partial charge in [-0.3, -0.25) is 9.69 Å². The predicted molar refractivity (Wildman–Crippen MR) is 56.4 cm³/mol. The number of aliphatic carboxylic acids is 1. The molecular weight excluding hydrogens is 178 g/mol. The highest BCUT2D eigenvalue weighted by Crippen LogP contribution is 2.24. The lowest BCUT2D eigenvalue weighted by atomic mass is 10.1. The first-order chi connectivity index (χ1) is 6.66. The Morgan fingerprint density at radius 3 is 2.50 bits per heavy atom. The summed E-state index contributed by atoms with van der Waals surface area (Å²) in [5, 5.41) is 9.09. The first-order valence-corrected chi connectivity index (χ1v) is 5.61. The van der Waals surface area contributed by atoms with E-state index >= 15 is 0 Å². The molecule has 82 valence electrons. The van der Waals surface area contributed by atoms with Gasteiger partial charge in [-0.05, 0) is 26.3 Å². The highest BCUT2D eigenvalue weighted by Gasteiger charge is 2.29. The molecule has 0 radical (unpaired) electrons. The van der Waals surface area contributed by atoms with E-state index in [-0.39, 0.29) is 6.04 Å². The molecule has 1 rings (SSSR count). The third-order valence-corrected chi connectivity index (χ3v) is 3.24. The van der Waals surface area contributed by atoms with Crippen LogP contribution in [-0.4, -0.2) is 35.1 Å². The van der Waals surface area contributed by atoms with Crippen LogP contribution in [0.15, 0.2) is 0 Å². The van der Waals surface area contributed by atoms with Gasteiger partial charge in [0.1, 0.15) is 6.04 Å². The van der Waals surface area contributed by atoms with Crippen LogP contribution in [-0.2, 0) is 4.79 Å². The highest BCUT2D eigenvalue weighted by atomic mass is 16.4. The van der Waals surface area contributed by atoms with E-state index < -0.39 is 5.97 Å². The minimum absolute atomic E-state index is 0.275. The van der Waals surface area contributed by atoms with Gasteiger partial charge < -0.3 is 5.11 Å². The van der Waals surface area contributed by atoms with Crippen LogP contribution in [0, 0.1) is 0 Å². The second-order valence-corrected chi connectivity index (χ2v) is 4.25. The summed E-state index contributed by atoms with van der Waals surface area (Å²) >= 11 is 0. The van der Waals surface area contributed by atoms with E-state index in [9.17, 15) is 4.79 Å². The van der Waals surface area contributed by atoms with Gasteiger partial charge in [-0.2, -0.15) is 0 Å². The zero-order chi connectivity index (χ0) is 10.6. The quantitative estimate of drug-likeness (QED) is 0.737. The Hall–Kier alpha value is -0.570. The van der Waals surface area contributed by atoms with Crippen LogP contribution in [0.3, 0.4) is 0 Å². The molecule has 0 amide bonds. The van der Waals surface area contributed by atoms with Crippen LogP contribution in [0.4, 0.5) is 0 Å². The first kappa shape index (κ1) is 11.5. The maximum Gasteiger partial charge on any atom is 0.320 e. The Labute approximate surface area is 86.1 Å². The van der Waals surface area contributed by atoms with E-state index in [4.69, 9.17) is 5.11 Å². The molecule has 1 aliphatic carbocycles. The number of carboxylic acid groups (broad SMARTS) is 1. The molecule has 3 heteroatoms. The summed E-state index contributed by atoms with van der Waals surface area (Å²) in [6, 6.07) is 0.228. The summed E-state index contributed by atoms with van der Waals surface area (Å²) < 4.78 is 0. The van der Waals surface area contributed by atoms with Gasteiger partial charge in [0.15, 0.2) is 0 Å². The predicted octanol–water partition coefficient (Wildman–Crippen LogP) is 2.11. The van der Waals surface area contributed by atoms with Crippen LogP contribution in [0.1, 0.15) is 45.4 Å². The maximum atomic E-state index is 11.0. The van der Waals surface area contributed by atoms with Crippen LogP contribution in [0.2, 0.25) is 0 Å². The number of carboxylic acids is 1. The van der Waals surface area contributed by atoms with E-state index in [1.54, 1.807) is 0 Å². The molecule has 0 aromatic rings. The van der Waals surface area contributed by atoms with E-state index in [1.807, 2.05) is 14.0 Å². The molecule has 0 aromatic carbocycles. The molecular formula is C11H21NO2. The monoisotopic (exact) mass is 199 g/mol. The van der Waals surface area contributed by atoms with E-state index in [1.165, 1.54) is 25.7 Å². The average molecular weight is 199 g/mol. The largest absolute Gasteiger partial charge is 0.480 e. The number of carbonyl (C=O) groups is 1. The average Bonchev–Trinajstić information content (AvgIpc) is 2.65. The van der Waals surface area contributed by atoms with Gasteiger partial charge in [0, 0.05) is 6.04 Å². The Morgan fingerprint density at radius 1 is 1.50 bits per heavy atom.